The summed E-state index contributed by atoms with van der Waals surface area (Å²) in [7, 11) is 0. The number of nitrogens with zero attached hydrogens (tertiary/aromatic N) is 4. The number of hydrogen-bond acceptors (Lipinski definition) is 4. The van der Waals surface area contributed by atoms with Crippen molar-refractivity contribution in [1.82, 2.24) is 20.2 Å². The summed E-state index contributed by atoms with van der Waals surface area (Å²) >= 11 is 0. The Morgan fingerprint density at radius 3 is 3.00 bits per heavy atom. The van der Waals surface area contributed by atoms with E-state index in [1.165, 1.54) is 6.33 Å². The lowest BCUT2D eigenvalue weighted by molar-refractivity contribution is 1.08. The molecule has 0 saturated heterocycles. The van der Waals surface area contributed by atoms with E-state index >= 15 is 0 Å². The number of hydrogen-bond donors (Lipinski definition) is 1. The molecule has 0 aromatic carbocycles. The molecule has 2 aromatic heterocycles. The Hall–Kier alpha value is -2.22. The second-order valence-corrected chi connectivity index (χ2v) is 2.35. The lowest BCUT2D eigenvalue weighted by Gasteiger charge is -1.95. The van der Waals surface area contributed by atoms with E-state index < -0.39 is 0 Å². The summed E-state index contributed by atoms with van der Waals surface area (Å²) in [4.78, 5) is 7.95. The van der Waals surface area contributed by atoms with Crippen LogP contribution in [0.3, 0.4) is 0 Å². The molecule has 2 rings (SSSR count). The molecular formula is C8H5N5. The van der Waals surface area contributed by atoms with Crippen molar-refractivity contribution in [2.45, 2.75) is 0 Å². The van der Waals surface area contributed by atoms with Gasteiger partial charge in [-0.3, -0.25) is 10.1 Å². The minimum absolute atomic E-state index is 0.485. The molecule has 0 aliphatic rings. The number of aromatic amines is 1. The smallest absolute Gasteiger partial charge is 0.175 e. The van der Waals surface area contributed by atoms with Gasteiger partial charge in [0.05, 0.1) is 5.56 Å². The number of nitrogens with one attached hydrogen (secondary N) is 1. The summed E-state index contributed by atoms with van der Waals surface area (Å²) in [6.45, 7) is 0. The summed E-state index contributed by atoms with van der Waals surface area (Å²) < 4.78 is 0. The molecule has 1 N–H and O–H groups in total. The van der Waals surface area contributed by atoms with E-state index in [9.17, 15) is 0 Å². The molecule has 0 aliphatic carbocycles. The largest absolute Gasteiger partial charge is 0.258 e. The molecule has 2 aromatic rings. The first-order chi connectivity index (χ1) is 6.42. The van der Waals surface area contributed by atoms with E-state index in [0.29, 0.717) is 17.1 Å². The Morgan fingerprint density at radius 2 is 2.31 bits per heavy atom. The fourth-order valence-corrected chi connectivity index (χ4v) is 1.00. The van der Waals surface area contributed by atoms with Crippen molar-refractivity contribution in [3.63, 3.8) is 0 Å². The van der Waals surface area contributed by atoms with Crippen molar-refractivity contribution in [2.75, 3.05) is 0 Å². The highest BCUT2D eigenvalue weighted by Crippen LogP contribution is 2.14. The zero-order chi connectivity index (χ0) is 9.10. The maximum absolute atomic E-state index is 8.77. The van der Waals surface area contributed by atoms with Crippen molar-refractivity contribution in [1.29, 1.82) is 5.26 Å². The van der Waals surface area contributed by atoms with E-state index in [2.05, 4.69) is 20.2 Å². The monoisotopic (exact) mass is 171 g/mol. The van der Waals surface area contributed by atoms with Crippen LogP contribution in [0.4, 0.5) is 0 Å². The van der Waals surface area contributed by atoms with Crippen molar-refractivity contribution in [3.05, 3.63) is 30.2 Å². The van der Waals surface area contributed by atoms with E-state index in [1.54, 1.807) is 18.3 Å². The van der Waals surface area contributed by atoms with Crippen LogP contribution in [-0.4, -0.2) is 20.2 Å². The van der Waals surface area contributed by atoms with Gasteiger partial charge >= 0.3 is 0 Å². The van der Waals surface area contributed by atoms with Crippen LogP contribution < -0.4 is 0 Å². The highest BCUT2D eigenvalue weighted by Gasteiger charge is 2.06. The highest BCUT2D eigenvalue weighted by atomic mass is 15.2. The van der Waals surface area contributed by atoms with Gasteiger partial charge in [0, 0.05) is 6.20 Å². The zero-order valence-electron chi connectivity index (χ0n) is 6.60. The van der Waals surface area contributed by atoms with Crippen molar-refractivity contribution >= 4 is 0 Å². The molecule has 0 saturated carbocycles. The Labute approximate surface area is 74.1 Å². The standard InChI is InChI=1S/C8H5N5/c9-4-6-2-1-3-10-7(6)8-11-5-12-13-8/h1-3,5H,(H,11,12,13). The van der Waals surface area contributed by atoms with Crippen molar-refractivity contribution < 1.29 is 0 Å². The van der Waals surface area contributed by atoms with E-state index in [-0.39, 0.29) is 0 Å². The van der Waals surface area contributed by atoms with Crippen LogP contribution in [0, 0.1) is 11.3 Å². The maximum atomic E-state index is 8.77. The van der Waals surface area contributed by atoms with Crippen LogP contribution in [0.15, 0.2) is 24.7 Å². The summed E-state index contributed by atoms with van der Waals surface area (Å²) in [5.74, 6) is 0.511. The summed E-state index contributed by atoms with van der Waals surface area (Å²) in [5.41, 5.74) is 1.02. The van der Waals surface area contributed by atoms with Crippen LogP contribution in [0.5, 0.6) is 0 Å². The maximum Gasteiger partial charge on any atom is 0.175 e. The van der Waals surface area contributed by atoms with Gasteiger partial charge < -0.3 is 0 Å². The first-order valence-corrected chi connectivity index (χ1v) is 3.62. The van der Waals surface area contributed by atoms with Crippen LogP contribution in [0.25, 0.3) is 11.5 Å². The lowest BCUT2D eigenvalue weighted by atomic mass is 10.2. The zero-order valence-corrected chi connectivity index (χ0v) is 6.60. The third kappa shape index (κ3) is 1.25. The predicted molar refractivity (Wildman–Crippen MR) is 44.3 cm³/mol. The minimum atomic E-state index is 0.485. The fraction of sp³-hybridized carbons (Fsp3) is 0. The van der Waals surface area contributed by atoms with Gasteiger partial charge in [0.2, 0.25) is 0 Å². The molecule has 0 aliphatic heterocycles. The summed E-state index contributed by atoms with van der Waals surface area (Å²) in [5, 5.41) is 15.1. The van der Waals surface area contributed by atoms with Crippen LogP contribution in [0.2, 0.25) is 0 Å². The topological polar surface area (TPSA) is 78.2 Å². The predicted octanol–water partition coefficient (Wildman–Crippen LogP) is 0.738. The van der Waals surface area contributed by atoms with Gasteiger partial charge in [-0.05, 0) is 12.1 Å². The Kier molecular flexibility index (Phi) is 1.73. The summed E-state index contributed by atoms with van der Waals surface area (Å²) in [6, 6.07) is 5.43. The van der Waals surface area contributed by atoms with E-state index in [0.717, 1.165) is 0 Å². The molecule has 0 atom stereocenters. The number of aromatic nitrogens is 4. The van der Waals surface area contributed by atoms with Gasteiger partial charge in [-0.1, -0.05) is 0 Å². The molecule has 2 heterocycles. The molecule has 0 fully saturated rings. The van der Waals surface area contributed by atoms with Crippen molar-refractivity contribution in [3.8, 4) is 17.6 Å². The Balaban J connectivity index is 2.59. The van der Waals surface area contributed by atoms with Crippen LogP contribution >= 0.6 is 0 Å². The first-order valence-electron chi connectivity index (χ1n) is 3.62. The third-order valence-corrected chi connectivity index (χ3v) is 1.57. The molecule has 5 nitrogen and oxygen atoms in total. The number of nitriles is 1. The molecule has 0 spiro atoms. The second-order valence-electron chi connectivity index (χ2n) is 2.35. The normalized spacial score (nSPS) is 9.46. The third-order valence-electron chi connectivity index (χ3n) is 1.57. The molecule has 13 heavy (non-hydrogen) atoms. The SMILES string of the molecule is N#Cc1cccnc1-c1ncn[nH]1. The molecule has 62 valence electrons. The van der Waals surface area contributed by atoms with Gasteiger partial charge in [-0.15, -0.1) is 0 Å². The number of pyridine rings is 1. The van der Waals surface area contributed by atoms with Gasteiger partial charge in [0.1, 0.15) is 18.1 Å². The Bertz CT molecular complexity index is 440. The van der Waals surface area contributed by atoms with Gasteiger partial charge in [0.25, 0.3) is 0 Å². The van der Waals surface area contributed by atoms with Crippen LogP contribution in [-0.2, 0) is 0 Å². The molecule has 0 bridgehead atoms. The van der Waals surface area contributed by atoms with Crippen LogP contribution in [0.1, 0.15) is 5.56 Å². The van der Waals surface area contributed by atoms with Gasteiger partial charge in [0.15, 0.2) is 5.82 Å². The molecule has 0 amide bonds. The van der Waals surface area contributed by atoms with E-state index in [4.69, 9.17) is 5.26 Å². The quantitative estimate of drug-likeness (QED) is 0.686. The first kappa shape index (κ1) is 7.43. The number of rotatable bonds is 1. The average Bonchev–Trinajstić information content (AvgIpc) is 2.70. The van der Waals surface area contributed by atoms with Gasteiger partial charge in [-0.25, -0.2) is 4.98 Å². The highest BCUT2D eigenvalue weighted by molar-refractivity contribution is 5.58. The molecule has 5 heteroatoms. The molecule has 0 unspecified atom stereocenters. The fourth-order valence-electron chi connectivity index (χ4n) is 1.00. The molecule has 0 radical (unpaired) electrons. The number of H-pyrrole nitrogens is 1. The van der Waals surface area contributed by atoms with Gasteiger partial charge in [-0.2, -0.15) is 10.4 Å². The Morgan fingerprint density at radius 1 is 1.38 bits per heavy atom. The average molecular weight is 171 g/mol. The van der Waals surface area contributed by atoms with E-state index in [1.807, 2.05) is 6.07 Å². The minimum Gasteiger partial charge on any atom is -0.258 e. The van der Waals surface area contributed by atoms with Crippen molar-refractivity contribution in [2.24, 2.45) is 0 Å². The lowest BCUT2D eigenvalue weighted by Crippen LogP contribution is -1.89. The summed E-state index contributed by atoms with van der Waals surface area (Å²) in [6.07, 6.45) is 2.99. The second kappa shape index (κ2) is 3.03. The molecular weight excluding hydrogens is 166 g/mol.